The lowest BCUT2D eigenvalue weighted by molar-refractivity contribution is 0.0994. The van der Waals surface area contributed by atoms with E-state index in [0.717, 1.165) is 5.69 Å². The third-order valence-corrected chi connectivity index (χ3v) is 5.06. The molecule has 0 saturated carbocycles. The lowest BCUT2D eigenvalue weighted by Gasteiger charge is -2.11. The minimum absolute atomic E-state index is 0.0975. The molecule has 1 atom stereocenters. The van der Waals surface area contributed by atoms with Crippen molar-refractivity contribution in [2.75, 3.05) is 0 Å². The quantitative estimate of drug-likeness (QED) is 0.478. The van der Waals surface area contributed by atoms with Crippen LogP contribution in [0.25, 0.3) is 5.69 Å². The third kappa shape index (κ3) is 3.99. The highest BCUT2D eigenvalue weighted by Crippen LogP contribution is 2.26. The van der Waals surface area contributed by atoms with Gasteiger partial charge in [-0.2, -0.15) is 4.68 Å². The van der Waals surface area contributed by atoms with E-state index in [1.807, 2.05) is 24.3 Å². The molecule has 0 N–H and O–H groups in total. The summed E-state index contributed by atoms with van der Waals surface area (Å²) in [5, 5.41) is 11.9. The van der Waals surface area contributed by atoms with Crippen LogP contribution in [0.3, 0.4) is 0 Å². The maximum Gasteiger partial charge on any atom is 0.214 e. The van der Waals surface area contributed by atoms with E-state index < -0.39 is 5.25 Å². The largest absolute Gasteiger partial charge is 0.293 e. The van der Waals surface area contributed by atoms with Crippen molar-refractivity contribution in [1.29, 1.82) is 0 Å². The Labute approximate surface area is 155 Å². The summed E-state index contributed by atoms with van der Waals surface area (Å²) < 4.78 is 14.6. The molecule has 0 spiro atoms. The zero-order valence-corrected chi connectivity index (χ0v) is 15.6. The summed E-state index contributed by atoms with van der Waals surface area (Å²) in [5.41, 5.74) is 2.53. The average Bonchev–Trinajstić information content (AvgIpc) is 3.10. The van der Waals surface area contributed by atoms with Crippen molar-refractivity contribution >= 4 is 17.5 Å². The minimum Gasteiger partial charge on any atom is -0.293 e. The zero-order chi connectivity index (χ0) is 18.7. The fourth-order valence-corrected chi connectivity index (χ4v) is 3.36. The molecule has 0 fully saturated rings. The summed E-state index contributed by atoms with van der Waals surface area (Å²) >= 11 is 1.27. The number of thioether (sulfide) groups is 1. The Balaban J connectivity index is 1.78. The van der Waals surface area contributed by atoms with E-state index >= 15 is 0 Å². The predicted octanol–water partition coefficient (Wildman–Crippen LogP) is 4.29. The van der Waals surface area contributed by atoms with Gasteiger partial charge >= 0.3 is 0 Å². The number of nitrogens with zero attached hydrogens (tertiary/aromatic N) is 4. The summed E-state index contributed by atoms with van der Waals surface area (Å²) in [7, 11) is 0. The molecule has 1 heterocycles. The standard InChI is InChI=1S/C19H19FN4OS/c1-12(2)14-6-10-17(11-7-14)24-19(21-22-23-24)26-13(3)18(25)15-4-8-16(20)9-5-15/h4-13H,1-3H3. The molecule has 134 valence electrons. The average molecular weight is 370 g/mol. The van der Waals surface area contributed by atoms with Crippen LogP contribution in [0.15, 0.2) is 53.7 Å². The van der Waals surface area contributed by atoms with Crippen molar-refractivity contribution in [2.24, 2.45) is 0 Å². The van der Waals surface area contributed by atoms with Crippen molar-refractivity contribution in [1.82, 2.24) is 20.2 Å². The van der Waals surface area contributed by atoms with Gasteiger partial charge in [0.15, 0.2) is 5.78 Å². The second-order valence-corrected chi connectivity index (χ2v) is 7.56. The highest BCUT2D eigenvalue weighted by Gasteiger charge is 2.20. The third-order valence-electron chi connectivity index (χ3n) is 4.03. The van der Waals surface area contributed by atoms with Crippen LogP contribution in [0.5, 0.6) is 0 Å². The zero-order valence-electron chi connectivity index (χ0n) is 14.8. The second kappa shape index (κ2) is 7.78. The number of Topliss-reactive ketones (excluding diaryl/α,β-unsaturated/α-hetero) is 1. The van der Waals surface area contributed by atoms with Crippen LogP contribution >= 0.6 is 11.8 Å². The molecule has 0 saturated heterocycles. The first-order chi connectivity index (χ1) is 12.5. The van der Waals surface area contributed by atoms with E-state index in [2.05, 4.69) is 29.4 Å². The number of rotatable bonds is 6. The van der Waals surface area contributed by atoms with E-state index in [1.165, 1.54) is 41.6 Å². The molecular weight excluding hydrogens is 351 g/mol. The van der Waals surface area contributed by atoms with Gasteiger partial charge in [-0.25, -0.2) is 4.39 Å². The molecule has 0 aliphatic heterocycles. The van der Waals surface area contributed by atoms with Crippen molar-refractivity contribution in [3.63, 3.8) is 0 Å². The molecule has 2 aromatic carbocycles. The normalized spacial score (nSPS) is 12.3. The van der Waals surface area contributed by atoms with E-state index in [0.29, 0.717) is 16.6 Å². The summed E-state index contributed by atoms with van der Waals surface area (Å²) in [6.07, 6.45) is 0. The van der Waals surface area contributed by atoms with Gasteiger partial charge in [-0.3, -0.25) is 4.79 Å². The summed E-state index contributed by atoms with van der Waals surface area (Å²) in [4.78, 5) is 12.5. The Morgan fingerprint density at radius 2 is 1.69 bits per heavy atom. The Morgan fingerprint density at radius 1 is 1.04 bits per heavy atom. The van der Waals surface area contributed by atoms with Crippen LogP contribution < -0.4 is 0 Å². The molecule has 7 heteroatoms. The molecule has 3 aromatic rings. The van der Waals surface area contributed by atoms with Gasteiger partial charge in [-0.15, -0.1) is 5.10 Å². The molecule has 3 rings (SSSR count). The molecule has 0 aliphatic carbocycles. The van der Waals surface area contributed by atoms with Crippen LogP contribution in [0, 0.1) is 5.82 Å². The summed E-state index contributed by atoms with van der Waals surface area (Å²) in [5.74, 6) is -0.0181. The van der Waals surface area contributed by atoms with Gasteiger partial charge in [0.25, 0.3) is 0 Å². The molecule has 0 amide bonds. The van der Waals surface area contributed by atoms with Crippen LogP contribution in [0.2, 0.25) is 0 Å². The summed E-state index contributed by atoms with van der Waals surface area (Å²) in [6, 6.07) is 13.6. The van der Waals surface area contributed by atoms with Gasteiger partial charge in [0.05, 0.1) is 10.9 Å². The Morgan fingerprint density at radius 3 is 2.31 bits per heavy atom. The van der Waals surface area contributed by atoms with Crippen molar-refractivity contribution in [3.8, 4) is 5.69 Å². The number of carbonyl (C=O) groups is 1. The maximum atomic E-state index is 13.0. The summed E-state index contributed by atoms with van der Waals surface area (Å²) in [6.45, 7) is 6.06. The number of aromatic nitrogens is 4. The molecule has 1 unspecified atom stereocenters. The number of hydrogen-bond donors (Lipinski definition) is 0. The topological polar surface area (TPSA) is 60.7 Å². The van der Waals surface area contributed by atoms with Gasteiger partial charge in [0, 0.05) is 5.56 Å². The van der Waals surface area contributed by atoms with Gasteiger partial charge in [0.1, 0.15) is 5.82 Å². The number of tetrazole rings is 1. The Kier molecular flexibility index (Phi) is 5.46. The van der Waals surface area contributed by atoms with E-state index in [1.54, 1.807) is 11.6 Å². The first-order valence-corrected chi connectivity index (χ1v) is 9.19. The first kappa shape index (κ1) is 18.3. The SMILES string of the molecule is CC(Sc1nnnn1-c1ccc(C(C)C)cc1)C(=O)c1ccc(F)cc1. The van der Waals surface area contributed by atoms with Crippen molar-refractivity contribution in [3.05, 3.63) is 65.5 Å². The van der Waals surface area contributed by atoms with Crippen LogP contribution in [0.1, 0.15) is 42.6 Å². The van der Waals surface area contributed by atoms with E-state index in [4.69, 9.17) is 0 Å². The number of carbonyl (C=O) groups excluding carboxylic acids is 1. The molecule has 26 heavy (non-hydrogen) atoms. The maximum absolute atomic E-state index is 13.0. The number of ketones is 1. The molecule has 1 aromatic heterocycles. The Hall–Kier alpha value is -2.54. The van der Waals surface area contributed by atoms with Crippen LogP contribution in [-0.2, 0) is 0 Å². The van der Waals surface area contributed by atoms with E-state index in [9.17, 15) is 9.18 Å². The van der Waals surface area contributed by atoms with Crippen molar-refractivity contribution < 1.29 is 9.18 Å². The highest BCUT2D eigenvalue weighted by molar-refractivity contribution is 8.00. The van der Waals surface area contributed by atoms with Gasteiger partial charge in [-0.05, 0) is 65.2 Å². The van der Waals surface area contributed by atoms with Gasteiger partial charge < -0.3 is 0 Å². The molecule has 0 aliphatic rings. The lowest BCUT2D eigenvalue weighted by Crippen LogP contribution is -2.14. The second-order valence-electron chi connectivity index (χ2n) is 6.25. The van der Waals surface area contributed by atoms with Crippen LogP contribution in [-0.4, -0.2) is 31.2 Å². The monoisotopic (exact) mass is 370 g/mol. The molecule has 0 radical (unpaired) electrons. The first-order valence-electron chi connectivity index (χ1n) is 8.31. The predicted molar refractivity (Wildman–Crippen MR) is 99.3 cm³/mol. The van der Waals surface area contributed by atoms with Gasteiger partial charge in [-0.1, -0.05) is 37.7 Å². The molecule has 0 bridgehead atoms. The van der Waals surface area contributed by atoms with Crippen LogP contribution in [0.4, 0.5) is 4.39 Å². The van der Waals surface area contributed by atoms with Gasteiger partial charge in [0.2, 0.25) is 5.16 Å². The smallest absolute Gasteiger partial charge is 0.214 e. The molecular formula is C19H19FN4OS. The number of benzene rings is 2. The Bertz CT molecular complexity index is 891. The molecule has 5 nitrogen and oxygen atoms in total. The number of halogens is 1. The van der Waals surface area contributed by atoms with Crippen molar-refractivity contribution in [2.45, 2.75) is 37.1 Å². The lowest BCUT2D eigenvalue weighted by atomic mass is 10.0. The minimum atomic E-state index is -0.403. The fraction of sp³-hybridized carbons (Fsp3) is 0.263. The fourth-order valence-electron chi connectivity index (χ4n) is 2.48. The highest BCUT2D eigenvalue weighted by atomic mass is 32.2. The number of hydrogen-bond acceptors (Lipinski definition) is 5. The van der Waals surface area contributed by atoms with E-state index in [-0.39, 0.29) is 11.6 Å².